The van der Waals surface area contributed by atoms with Crippen LogP contribution in [0.4, 0.5) is 4.39 Å². The van der Waals surface area contributed by atoms with Crippen LogP contribution in [0.3, 0.4) is 0 Å². The Hall–Kier alpha value is -2.01. The first-order valence-electron chi connectivity index (χ1n) is 5.20. The molecule has 2 N–H and O–H groups in total. The van der Waals surface area contributed by atoms with Crippen molar-refractivity contribution in [3.8, 4) is 0 Å². The third-order valence-corrected chi connectivity index (χ3v) is 2.46. The lowest BCUT2D eigenvalue weighted by molar-refractivity contribution is 0.484. The first-order valence-corrected chi connectivity index (χ1v) is 5.20. The van der Waals surface area contributed by atoms with Crippen molar-refractivity contribution in [3.05, 3.63) is 64.3 Å². The summed E-state index contributed by atoms with van der Waals surface area (Å²) in [5.74, 6) is -0.371. The van der Waals surface area contributed by atoms with Crippen molar-refractivity contribution >= 4 is 0 Å². The van der Waals surface area contributed by atoms with E-state index in [9.17, 15) is 9.18 Å². The minimum atomic E-state index is -0.594. The molecule has 1 aromatic carbocycles. The van der Waals surface area contributed by atoms with Gasteiger partial charge in [-0.15, -0.1) is 0 Å². The summed E-state index contributed by atoms with van der Waals surface area (Å²) in [4.78, 5) is 11.4. The average Bonchev–Trinajstić information content (AvgIpc) is 2.32. The molecule has 88 valence electrons. The third-order valence-electron chi connectivity index (χ3n) is 2.46. The van der Waals surface area contributed by atoms with Crippen LogP contribution < -0.4 is 11.3 Å². The van der Waals surface area contributed by atoms with Crippen molar-refractivity contribution in [2.75, 3.05) is 0 Å². The molecule has 0 aliphatic carbocycles. The summed E-state index contributed by atoms with van der Waals surface area (Å²) < 4.78 is 14.7. The Morgan fingerprint density at radius 1 is 1.29 bits per heavy atom. The molecule has 2 rings (SSSR count). The molecule has 0 aliphatic heterocycles. The fourth-order valence-corrected chi connectivity index (χ4v) is 1.58. The molecule has 0 spiro atoms. The molecule has 5 heteroatoms. The van der Waals surface area contributed by atoms with E-state index in [-0.39, 0.29) is 17.9 Å². The van der Waals surface area contributed by atoms with E-state index in [1.807, 2.05) is 0 Å². The maximum absolute atomic E-state index is 13.5. The summed E-state index contributed by atoms with van der Waals surface area (Å²) in [7, 11) is 0. The number of halogens is 1. The average molecular weight is 233 g/mol. The van der Waals surface area contributed by atoms with Crippen LogP contribution in [-0.2, 0) is 6.54 Å². The van der Waals surface area contributed by atoms with E-state index < -0.39 is 6.04 Å². The number of nitrogens with two attached hydrogens (primary N) is 1. The Bertz CT molecular complexity index is 567. The Labute approximate surface area is 97.5 Å². The summed E-state index contributed by atoms with van der Waals surface area (Å²) in [5, 5.41) is 3.88. The SMILES string of the molecule is NC(Cn1ncccc1=O)c1ccccc1F. The van der Waals surface area contributed by atoms with Gasteiger partial charge in [0.2, 0.25) is 0 Å². The molecule has 4 nitrogen and oxygen atoms in total. The van der Waals surface area contributed by atoms with Crippen molar-refractivity contribution in [2.45, 2.75) is 12.6 Å². The molecular formula is C12H12FN3O. The second-order valence-corrected chi connectivity index (χ2v) is 3.67. The summed E-state index contributed by atoms with van der Waals surface area (Å²) >= 11 is 0. The molecule has 1 heterocycles. The Balaban J connectivity index is 2.23. The maximum Gasteiger partial charge on any atom is 0.266 e. The van der Waals surface area contributed by atoms with Gasteiger partial charge in [0.05, 0.1) is 12.6 Å². The van der Waals surface area contributed by atoms with Gasteiger partial charge in [-0.05, 0) is 12.1 Å². The first-order chi connectivity index (χ1) is 8.18. The van der Waals surface area contributed by atoms with Crippen molar-refractivity contribution in [1.82, 2.24) is 9.78 Å². The number of aromatic nitrogens is 2. The second-order valence-electron chi connectivity index (χ2n) is 3.67. The summed E-state index contributed by atoms with van der Waals surface area (Å²) in [6.45, 7) is 0.153. The Morgan fingerprint density at radius 2 is 2.06 bits per heavy atom. The van der Waals surface area contributed by atoms with Gasteiger partial charge in [-0.3, -0.25) is 4.79 Å². The smallest absolute Gasteiger partial charge is 0.266 e. The van der Waals surface area contributed by atoms with Gasteiger partial charge in [0.25, 0.3) is 5.56 Å². The van der Waals surface area contributed by atoms with Crippen molar-refractivity contribution in [3.63, 3.8) is 0 Å². The lowest BCUT2D eigenvalue weighted by Crippen LogP contribution is -2.28. The van der Waals surface area contributed by atoms with E-state index >= 15 is 0 Å². The topological polar surface area (TPSA) is 60.9 Å². The molecule has 2 aromatic rings. The minimum absolute atomic E-state index is 0.153. The Kier molecular flexibility index (Phi) is 3.30. The van der Waals surface area contributed by atoms with Gasteiger partial charge in [-0.2, -0.15) is 5.10 Å². The fourth-order valence-electron chi connectivity index (χ4n) is 1.58. The van der Waals surface area contributed by atoms with Crippen LogP contribution in [0.15, 0.2) is 47.4 Å². The molecule has 1 aromatic heterocycles. The van der Waals surface area contributed by atoms with Gasteiger partial charge in [-0.1, -0.05) is 18.2 Å². The molecule has 0 amide bonds. The van der Waals surface area contributed by atoms with E-state index in [0.29, 0.717) is 5.56 Å². The molecule has 0 saturated heterocycles. The first kappa shape index (κ1) is 11.5. The van der Waals surface area contributed by atoms with Crippen LogP contribution in [0.5, 0.6) is 0 Å². The molecule has 0 bridgehead atoms. The van der Waals surface area contributed by atoms with Crippen molar-refractivity contribution in [2.24, 2.45) is 5.73 Å². The highest BCUT2D eigenvalue weighted by Crippen LogP contribution is 2.15. The number of benzene rings is 1. The van der Waals surface area contributed by atoms with Crippen LogP contribution in [0.1, 0.15) is 11.6 Å². The monoisotopic (exact) mass is 233 g/mol. The molecule has 0 radical (unpaired) electrons. The highest BCUT2D eigenvalue weighted by Gasteiger charge is 2.12. The molecule has 17 heavy (non-hydrogen) atoms. The summed E-state index contributed by atoms with van der Waals surface area (Å²) in [5.41, 5.74) is 5.99. The van der Waals surface area contributed by atoms with E-state index in [0.717, 1.165) is 0 Å². The summed E-state index contributed by atoms with van der Waals surface area (Å²) in [6.07, 6.45) is 1.50. The lowest BCUT2D eigenvalue weighted by Gasteiger charge is -2.13. The van der Waals surface area contributed by atoms with Crippen LogP contribution in [0, 0.1) is 5.82 Å². The highest BCUT2D eigenvalue weighted by molar-refractivity contribution is 5.20. The fraction of sp³-hybridized carbons (Fsp3) is 0.167. The zero-order valence-electron chi connectivity index (χ0n) is 9.08. The van der Waals surface area contributed by atoms with E-state index in [1.165, 1.54) is 23.0 Å². The van der Waals surface area contributed by atoms with E-state index in [2.05, 4.69) is 5.10 Å². The molecule has 1 unspecified atom stereocenters. The standard InChI is InChI=1S/C12H12FN3O/c13-10-5-2-1-4-9(10)11(14)8-16-12(17)6-3-7-15-16/h1-7,11H,8,14H2. The molecule has 0 fully saturated rings. The van der Waals surface area contributed by atoms with E-state index in [1.54, 1.807) is 24.3 Å². The van der Waals surface area contributed by atoms with Crippen LogP contribution in [0.2, 0.25) is 0 Å². The number of hydrogen-bond acceptors (Lipinski definition) is 3. The normalized spacial score (nSPS) is 12.4. The molecule has 0 aliphatic rings. The van der Waals surface area contributed by atoms with Gasteiger partial charge in [-0.25, -0.2) is 9.07 Å². The predicted octanol–water partition coefficient (Wildman–Crippen LogP) is 1.08. The second kappa shape index (κ2) is 4.88. The predicted molar refractivity (Wildman–Crippen MR) is 61.8 cm³/mol. The Morgan fingerprint density at radius 3 is 2.76 bits per heavy atom. The number of rotatable bonds is 3. The quantitative estimate of drug-likeness (QED) is 0.863. The molecule has 0 saturated carbocycles. The van der Waals surface area contributed by atoms with E-state index in [4.69, 9.17) is 5.73 Å². The van der Waals surface area contributed by atoms with Gasteiger partial charge < -0.3 is 5.73 Å². The number of nitrogens with zero attached hydrogens (tertiary/aromatic N) is 2. The van der Waals surface area contributed by atoms with Gasteiger partial charge in [0.15, 0.2) is 0 Å². The zero-order valence-corrected chi connectivity index (χ0v) is 9.08. The minimum Gasteiger partial charge on any atom is -0.322 e. The van der Waals surface area contributed by atoms with Crippen LogP contribution >= 0.6 is 0 Å². The van der Waals surface area contributed by atoms with Crippen molar-refractivity contribution < 1.29 is 4.39 Å². The summed E-state index contributed by atoms with van der Waals surface area (Å²) in [6, 6.07) is 8.60. The highest BCUT2D eigenvalue weighted by atomic mass is 19.1. The van der Waals surface area contributed by atoms with Crippen LogP contribution in [0.25, 0.3) is 0 Å². The largest absolute Gasteiger partial charge is 0.322 e. The van der Waals surface area contributed by atoms with Crippen molar-refractivity contribution in [1.29, 1.82) is 0 Å². The van der Waals surface area contributed by atoms with Gasteiger partial charge >= 0.3 is 0 Å². The molecule has 1 atom stereocenters. The zero-order chi connectivity index (χ0) is 12.3. The third kappa shape index (κ3) is 2.57. The van der Waals surface area contributed by atoms with Gasteiger partial charge in [0.1, 0.15) is 5.82 Å². The maximum atomic E-state index is 13.5. The van der Waals surface area contributed by atoms with Crippen LogP contribution in [-0.4, -0.2) is 9.78 Å². The van der Waals surface area contributed by atoms with Gasteiger partial charge in [0, 0.05) is 17.8 Å². The number of hydrogen-bond donors (Lipinski definition) is 1. The lowest BCUT2D eigenvalue weighted by atomic mass is 10.1. The molecular weight excluding hydrogens is 221 g/mol.